The Hall–Kier alpha value is -3.73. The van der Waals surface area contributed by atoms with Crippen LogP contribution in [0, 0.1) is 31.1 Å². The predicted octanol–water partition coefficient (Wildman–Crippen LogP) is 4.03. The third kappa shape index (κ3) is 5.98. The topological polar surface area (TPSA) is 103 Å². The van der Waals surface area contributed by atoms with Crippen molar-refractivity contribution >= 4 is 18.0 Å². The van der Waals surface area contributed by atoms with Crippen LogP contribution in [-0.2, 0) is 27.4 Å². The first kappa shape index (κ1) is 24.9. The molecule has 180 valence electrons. The van der Waals surface area contributed by atoms with Crippen molar-refractivity contribution in [3.63, 3.8) is 0 Å². The third-order valence-electron chi connectivity index (χ3n) is 5.74. The van der Waals surface area contributed by atoms with E-state index in [0.29, 0.717) is 17.4 Å². The first-order chi connectivity index (χ1) is 16.2. The van der Waals surface area contributed by atoms with Gasteiger partial charge in [-0.3, -0.25) is 4.79 Å². The normalized spacial score (nSPS) is 13.5. The van der Waals surface area contributed by atoms with Crippen LogP contribution in [0.5, 0.6) is 11.5 Å². The summed E-state index contributed by atoms with van der Waals surface area (Å²) in [5.74, 6) is 0.561. The number of amides is 1. The number of hydrogen-bond acceptors (Lipinski definition) is 6. The van der Waals surface area contributed by atoms with E-state index in [4.69, 9.17) is 14.2 Å². The molecule has 8 heteroatoms. The zero-order valence-corrected chi connectivity index (χ0v) is 20.3. The molecule has 34 heavy (non-hydrogen) atoms. The number of nitrogens with one attached hydrogen (secondary N) is 1. The second-order valence-corrected chi connectivity index (χ2v) is 8.78. The van der Waals surface area contributed by atoms with E-state index in [9.17, 15) is 14.9 Å². The smallest absolute Gasteiger partial charge is 0.349 e. The number of nitriles is 1. The standard InChI is InChI=1S/C26H31N3O5/c1-16(2)8-9-29-17(3)10-21(18(29)4)12-22(13-27)26(31)34-19(5)25(30)28-14-20-6-7-23-24(11-20)33-15-32-23/h6-7,10-12,16,19H,8-9,14-15H2,1-5H3,(H,28,30)/b22-12+/t19-/m1/s1. The van der Waals surface area contributed by atoms with E-state index in [1.54, 1.807) is 12.1 Å². The van der Waals surface area contributed by atoms with Crippen molar-refractivity contribution in [2.45, 2.75) is 60.2 Å². The molecule has 0 fully saturated rings. The van der Waals surface area contributed by atoms with E-state index >= 15 is 0 Å². The van der Waals surface area contributed by atoms with Crippen LogP contribution in [0.2, 0.25) is 0 Å². The van der Waals surface area contributed by atoms with Crippen LogP contribution in [0.25, 0.3) is 6.08 Å². The molecule has 2 heterocycles. The molecule has 1 N–H and O–H groups in total. The Morgan fingerprint density at radius 1 is 1.21 bits per heavy atom. The van der Waals surface area contributed by atoms with Crippen molar-refractivity contribution in [1.29, 1.82) is 5.26 Å². The Bertz CT molecular complexity index is 1140. The lowest BCUT2D eigenvalue weighted by Gasteiger charge is -2.13. The molecule has 0 unspecified atom stereocenters. The van der Waals surface area contributed by atoms with E-state index in [1.807, 2.05) is 32.0 Å². The molecule has 8 nitrogen and oxygen atoms in total. The van der Waals surface area contributed by atoms with Crippen LogP contribution >= 0.6 is 0 Å². The Morgan fingerprint density at radius 2 is 1.94 bits per heavy atom. The van der Waals surface area contributed by atoms with Gasteiger partial charge in [0, 0.05) is 24.5 Å². The minimum Gasteiger partial charge on any atom is -0.454 e. The Balaban J connectivity index is 1.60. The Morgan fingerprint density at radius 3 is 2.65 bits per heavy atom. The van der Waals surface area contributed by atoms with Gasteiger partial charge in [-0.2, -0.15) is 5.26 Å². The van der Waals surface area contributed by atoms with E-state index in [1.165, 1.54) is 13.0 Å². The maximum absolute atomic E-state index is 12.6. The van der Waals surface area contributed by atoms with Gasteiger partial charge in [0.05, 0.1) is 0 Å². The molecule has 1 aromatic carbocycles. The summed E-state index contributed by atoms with van der Waals surface area (Å²) in [4.78, 5) is 25.0. The number of rotatable bonds is 9. The molecule has 0 bridgehead atoms. The fourth-order valence-corrected chi connectivity index (χ4v) is 3.66. The highest BCUT2D eigenvalue weighted by molar-refractivity contribution is 5.99. The monoisotopic (exact) mass is 465 g/mol. The summed E-state index contributed by atoms with van der Waals surface area (Å²) in [6.45, 7) is 11.1. The van der Waals surface area contributed by atoms with Crippen molar-refractivity contribution in [2.24, 2.45) is 5.92 Å². The molecular formula is C26H31N3O5. The highest BCUT2D eigenvalue weighted by atomic mass is 16.7. The van der Waals surface area contributed by atoms with Gasteiger partial charge in [0.15, 0.2) is 17.6 Å². The number of esters is 1. The van der Waals surface area contributed by atoms with Crippen molar-refractivity contribution in [1.82, 2.24) is 9.88 Å². The zero-order chi connectivity index (χ0) is 24.8. The summed E-state index contributed by atoms with van der Waals surface area (Å²) >= 11 is 0. The maximum Gasteiger partial charge on any atom is 0.349 e. The Kier molecular flexibility index (Phi) is 8.00. The molecule has 0 aliphatic carbocycles. The van der Waals surface area contributed by atoms with E-state index < -0.39 is 18.0 Å². The SMILES string of the molecule is Cc1cc(/C=C(\C#N)C(=O)O[C@H](C)C(=O)NCc2ccc3c(c2)OCO3)c(C)n1CCC(C)C. The van der Waals surface area contributed by atoms with Gasteiger partial charge in [-0.15, -0.1) is 0 Å². The van der Waals surface area contributed by atoms with Gasteiger partial charge >= 0.3 is 5.97 Å². The maximum atomic E-state index is 12.6. The molecule has 0 radical (unpaired) electrons. The van der Waals surface area contributed by atoms with Crippen molar-refractivity contribution < 1.29 is 23.8 Å². The van der Waals surface area contributed by atoms with Crippen LogP contribution in [0.15, 0.2) is 29.8 Å². The first-order valence-electron chi connectivity index (χ1n) is 11.3. The predicted molar refractivity (Wildman–Crippen MR) is 127 cm³/mol. The van der Waals surface area contributed by atoms with Gasteiger partial charge in [0.1, 0.15) is 11.6 Å². The zero-order valence-electron chi connectivity index (χ0n) is 20.3. The van der Waals surface area contributed by atoms with Gasteiger partial charge < -0.3 is 24.1 Å². The summed E-state index contributed by atoms with van der Waals surface area (Å²) in [6, 6.07) is 9.23. The number of hydrogen-bond donors (Lipinski definition) is 1. The third-order valence-corrected chi connectivity index (χ3v) is 5.74. The van der Waals surface area contributed by atoms with Crippen molar-refractivity contribution in [2.75, 3.05) is 6.79 Å². The van der Waals surface area contributed by atoms with Gasteiger partial charge in [0.25, 0.3) is 5.91 Å². The fraction of sp³-hybridized carbons (Fsp3) is 0.423. The summed E-state index contributed by atoms with van der Waals surface area (Å²) in [7, 11) is 0. The second-order valence-electron chi connectivity index (χ2n) is 8.78. The molecule has 0 spiro atoms. The molecule has 1 aliphatic heterocycles. The van der Waals surface area contributed by atoms with E-state index in [0.717, 1.165) is 35.5 Å². The summed E-state index contributed by atoms with van der Waals surface area (Å²) in [5.41, 5.74) is 3.50. The second kappa shape index (κ2) is 10.9. The van der Waals surface area contributed by atoms with Gasteiger partial charge in [-0.05, 0) is 68.5 Å². The summed E-state index contributed by atoms with van der Waals surface area (Å²) < 4.78 is 18.0. The quantitative estimate of drug-likeness (QED) is 0.341. The molecule has 1 aromatic heterocycles. The number of nitrogens with zero attached hydrogens (tertiary/aromatic N) is 2. The number of ether oxygens (including phenoxy) is 3. The summed E-state index contributed by atoms with van der Waals surface area (Å²) in [6.07, 6.45) is 1.50. The van der Waals surface area contributed by atoms with Crippen LogP contribution in [0.4, 0.5) is 0 Å². The van der Waals surface area contributed by atoms with Crippen LogP contribution < -0.4 is 14.8 Å². The molecule has 1 atom stereocenters. The van der Waals surface area contributed by atoms with Gasteiger partial charge in [0.2, 0.25) is 6.79 Å². The number of carbonyl (C=O) groups is 2. The first-order valence-corrected chi connectivity index (χ1v) is 11.3. The van der Waals surface area contributed by atoms with Gasteiger partial charge in [-0.25, -0.2) is 4.79 Å². The van der Waals surface area contributed by atoms with Gasteiger partial charge in [-0.1, -0.05) is 19.9 Å². The average molecular weight is 466 g/mol. The number of aryl methyl sites for hydroxylation is 1. The number of benzene rings is 1. The average Bonchev–Trinajstić information content (AvgIpc) is 3.37. The lowest BCUT2D eigenvalue weighted by Crippen LogP contribution is -2.35. The number of aromatic nitrogens is 1. The van der Waals surface area contributed by atoms with E-state index in [-0.39, 0.29) is 18.9 Å². The van der Waals surface area contributed by atoms with Crippen LogP contribution in [0.3, 0.4) is 0 Å². The molecule has 0 saturated carbocycles. The lowest BCUT2D eigenvalue weighted by atomic mass is 10.1. The highest BCUT2D eigenvalue weighted by Gasteiger charge is 2.21. The van der Waals surface area contributed by atoms with Crippen molar-refractivity contribution in [3.05, 3.63) is 52.4 Å². The molecule has 3 rings (SSSR count). The molecule has 1 amide bonds. The number of carbonyl (C=O) groups excluding carboxylic acids is 2. The molecule has 0 saturated heterocycles. The minimum atomic E-state index is -1.06. The molecular weight excluding hydrogens is 434 g/mol. The number of fused-ring (bicyclic) bond motifs is 1. The van der Waals surface area contributed by atoms with E-state index in [2.05, 4.69) is 23.7 Å². The van der Waals surface area contributed by atoms with Crippen molar-refractivity contribution in [3.8, 4) is 17.6 Å². The Labute approximate surface area is 200 Å². The highest BCUT2D eigenvalue weighted by Crippen LogP contribution is 2.32. The largest absolute Gasteiger partial charge is 0.454 e. The summed E-state index contributed by atoms with van der Waals surface area (Å²) in [5, 5.41) is 12.3. The van der Waals surface area contributed by atoms with Crippen LogP contribution in [0.1, 0.15) is 49.7 Å². The minimum absolute atomic E-state index is 0.153. The molecule has 1 aliphatic rings. The van der Waals surface area contributed by atoms with Crippen LogP contribution in [-0.4, -0.2) is 29.3 Å². The fourth-order valence-electron chi connectivity index (χ4n) is 3.66. The molecule has 2 aromatic rings. The lowest BCUT2D eigenvalue weighted by molar-refractivity contribution is -0.150.